The predicted molar refractivity (Wildman–Crippen MR) is 82.9 cm³/mol. The van der Waals surface area contributed by atoms with Crippen LogP contribution in [0.1, 0.15) is 5.56 Å². The highest BCUT2D eigenvalue weighted by atomic mass is 28.3. The summed E-state index contributed by atoms with van der Waals surface area (Å²) < 4.78 is 27.0. The minimum Gasteiger partial charge on any atom is -0.174 e. The monoisotopic (exact) mass is 288 g/mol. The van der Waals surface area contributed by atoms with Gasteiger partial charge in [-0.2, -0.15) is 8.78 Å². The van der Waals surface area contributed by atoms with Crippen LogP contribution in [0, 0.1) is 0 Å². The van der Waals surface area contributed by atoms with Gasteiger partial charge < -0.3 is 0 Å². The molecule has 0 heterocycles. The summed E-state index contributed by atoms with van der Waals surface area (Å²) >= 11 is 0. The summed E-state index contributed by atoms with van der Waals surface area (Å²) in [5, 5.41) is 1.36. The molecule has 0 aliphatic rings. The van der Waals surface area contributed by atoms with Crippen LogP contribution in [0.4, 0.5) is 8.78 Å². The lowest BCUT2D eigenvalue weighted by atomic mass is 10.1. The van der Waals surface area contributed by atoms with E-state index in [4.69, 9.17) is 0 Å². The quantitative estimate of drug-likeness (QED) is 0.725. The van der Waals surface area contributed by atoms with E-state index in [0.29, 0.717) is 11.6 Å². The lowest BCUT2D eigenvalue weighted by Gasteiger charge is -2.26. The first-order valence-electron chi connectivity index (χ1n) is 6.66. The van der Waals surface area contributed by atoms with E-state index in [2.05, 4.69) is 0 Å². The number of halogens is 2. The van der Waals surface area contributed by atoms with Crippen molar-refractivity contribution in [1.82, 2.24) is 0 Å². The third kappa shape index (κ3) is 3.22. The molecule has 0 fully saturated rings. The average molecular weight is 288 g/mol. The number of rotatable bonds is 4. The van der Waals surface area contributed by atoms with E-state index < -0.39 is 14.2 Å². The van der Waals surface area contributed by atoms with E-state index in [1.165, 1.54) is 0 Å². The number of benzene rings is 2. The zero-order valence-electron chi connectivity index (χ0n) is 11.7. The maximum Gasteiger partial charge on any atom is 0.266 e. The molecule has 2 aromatic carbocycles. The Hall–Kier alpha value is -1.74. The van der Waals surface area contributed by atoms with Crippen LogP contribution >= 0.6 is 0 Å². The van der Waals surface area contributed by atoms with E-state index in [-0.39, 0.29) is 0 Å². The van der Waals surface area contributed by atoms with Crippen LogP contribution in [-0.2, 0) is 6.42 Å². The summed E-state index contributed by atoms with van der Waals surface area (Å²) in [4.78, 5) is 0. The van der Waals surface area contributed by atoms with Crippen LogP contribution in [0.25, 0.3) is 0 Å². The maximum atomic E-state index is 13.5. The zero-order chi connectivity index (χ0) is 14.6. The molecule has 3 heteroatoms. The van der Waals surface area contributed by atoms with Crippen molar-refractivity contribution in [2.24, 2.45) is 0 Å². The van der Waals surface area contributed by atoms with Crippen molar-refractivity contribution in [3.05, 3.63) is 77.5 Å². The standard InChI is InChI=1S/C17H18F2Si/c1-20(2,15-11-7-4-8-12-15)16(17(18)19)13-14-9-5-3-6-10-14/h3-12H,13H2,1-2H3. The van der Waals surface area contributed by atoms with Crippen molar-refractivity contribution in [2.75, 3.05) is 0 Å². The second-order valence-electron chi connectivity index (χ2n) is 5.39. The minimum atomic E-state index is -2.33. The maximum absolute atomic E-state index is 13.5. The lowest BCUT2D eigenvalue weighted by Crippen LogP contribution is -2.44. The van der Waals surface area contributed by atoms with E-state index in [1.54, 1.807) is 0 Å². The Morgan fingerprint density at radius 3 is 1.85 bits per heavy atom. The van der Waals surface area contributed by atoms with Crippen LogP contribution in [0.3, 0.4) is 0 Å². The Morgan fingerprint density at radius 2 is 1.35 bits per heavy atom. The van der Waals surface area contributed by atoms with Crippen molar-refractivity contribution in [3.8, 4) is 0 Å². The SMILES string of the molecule is C[Si](C)(C(Cc1ccccc1)=C(F)F)c1ccccc1. The predicted octanol–water partition coefficient (Wildman–Crippen LogP) is 4.53. The zero-order valence-corrected chi connectivity index (χ0v) is 12.7. The van der Waals surface area contributed by atoms with Crippen LogP contribution in [0.5, 0.6) is 0 Å². The normalized spacial score (nSPS) is 11.2. The van der Waals surface area contributed by atoms with Crippen LogP contribution in [0.2, 0.25) is 13.1 Å². The van der Waals surface area contributed by atoms with Crippen molar-refractivity contribution < 1.29 is 8.78 Å². The molecule has 0 radical (unpaired) electrons. The van der Waals surface area contributed by atoms with Gasteiger partial charge in [0.05, 0.1) is 0 Å². The fraction of sp³-hybridized carbons (Fsp3) is 0.176. The van der Waals surface area contributed by atoms with Crippen molar-refractivity contribution in [1.29, 1.82) is 0 Å². The first-order valence-corrected chi connectivity index (χ1v) is 9.66. The molecule has 0 saturated carbocycles. The highest BCUT2D eigenvalue weighted by Crippen LogP contribution is 2.24. The minimum absolute atomic E-state index is 0.315. The first kappa shape index (κ1) is 14.7. The number of allylic oxidation sites excluding steroid dienone is 1. The molecule has 0 atom stereocenters. The molecule has 0 saturated heterocycles. The van der Waals surface area contributed by atoms with Gasteiger partial charge in [-0.1, -0.05) is 78.9 Å². The van der Waals surface area contributed by atoms with Crippen molar-refractivity contribution in [3.63, 3.8) is 0 Å². The molecule has 0 aliphatic heterocycles. The van der Waals surface area contributed by atoms with Gasteiger partial charge in [-0.3, -0.25) is 0 Å². The second-order valence-corrected chi connectivity index (χ2v) is 9.82. The Balaban J connectivity index is 2.37. The summed E-state index contributed by atoms with van der Waals surface area (Å²) in [5.41, 5.74) is 0.937. The third-order valence-corrected chi connectivity index (χ3v) is 7.35. The molecule has 0 N–H and O–H groups in total. The molecule has 2 rings (SSSR count). The van der Waals surface area contributed by atoms with Crippen LogP contribution in [-0.4, -0.2) is 8.07 Å². The molecule has 0 aliphatic carbocycles. The van der Waals surface area contributed by atoms with Crippen molar-refractivity contribution in [2.45, 2.75) is 19.5 Å². The molecule has 20 heavy (non-hydrogen) atoms. The van der Waals surface area contributed by atoms with Gasteiger partial charge in [0.2, 0.25) is 0 Å². The van der Waals surface area contributed by atoms with Gasteiger partial charge in [-0.15, -0.1) is 0 Å². The number of hydrogen-bond acceptors (Lipinski definition) is 0. The topological polar surface area (TPSA) is 0 Å². The molecular weight excluding hydrogens is 270 g/mol. The Labute approximate surface area is 119 Å². The van der Waals surface area contributed by atoms with Gasteiger partial charge in [0.25, 0.3) is 6.08 Å². The molecule has 2 aromatic rings. The highest BCUT2D eigenvalue weighted by molar-refractivity contribution is 6.95. The molecule has 0 spiro atoms. The first-order chi connectivity index (χ1) is 9.51. The Bertz CT molecular complexity index is 585. The van der Waals surface area contributed by atoms with Gasteiger partial charge in [-0.25, -0.2) is 0 Å². The smallest absolute Gasteiger partial charge is 0.174 e. The van der Waals surface area contributed by atoms with E-state index in [9.17, 15) is 8.78 Å². The molecule has 0 bridgehead atoms. The van der Waals surface area contributed by atoms with E-state index in [0.717, 1.165) is 10.8 Å². The lowest BCUT2D eigenvalue weighted by molar-refractivity contribution is 0.414. The van der Waals surface area contributed by atoms with Crippen molar-refractivity contribution >= 4 is 13.3 Å². The molecule has 0 unspecified atom stereocenters. The van der Waals surface area contributed by atoms with Crippen LogP contribution < -0.4 is 5.19 Å². The van der Waals surface area contributed by atoms with Gasteiger partial charge in [0, 0.05) is 0 Å². The fourth-order valence-corrected chi connectivity index (χ4v) is 4.85. The second kappa shape index (κ2) is 6.14. The molecule has 0 aromatic heterocycles. The summed E-state index contributed by atoms with van der Waals surface area (Å²) in [6.45, 7) is 3.97. The third-order valence-electron chi connectivity index (χ3n) is 3.70. The summed E-state index contributed by atoms with van der Waals surface area (Å²) in [7, 11) is -2.33. The highest BCUT2D eigenvalue weighted by Gasteiger charge is 2.31. The Kier molecular flexibility index (Phi) is 4.50. The van der Waals surface area contributed by atoms with Gasteiger partial charge >= 0.3 is 0 Å². The molecular formula is C17H18F2Si. The summed E-state index contributed by atoms with van der Waals surface area (Å²) in [5.74, 6) is 0. The van der Waals surface area contributed by atoms with Gasteiger partial charge in [0.1, 0.15) is 8.07 Å². The average Bonchev–Trinajstić information content (AvgIpc) is 2.46. The summed E-state index contributed by atoms with van der Waals surface area (Å²) in [6.07, 6.45) is -1.19. The van der Waals surface area contributed by atoms with Gasteiger partial charge in [0.15, 0.2) is 0 Å². The summed E-state index contributed by atoms with van der Waals surface area (Å²) in [6, 6.07) is 19.1. The largest absolute Gasteiger partial charge is 0.266 e. The van der Waals surface area contributed by atoms with E-state index in [1.807, 2.05) is 73.8 Å². The molecule has 0 nitrogen and oxygen atoms in total. The number of hydrogen-bond donors (Lipinski definition) is 0. The molecule has 104 valence electrons. The molecule has 0 amide bonds. The Morgan fingerprint density at radius 1 is 0.850 bits per heavy atom. The fourth-order valence-electron chi connectivity index (χ4n) is 2.35. The van der Waals surface area contributed by atoms with E-state index >= 15 is 0 Å². The van der Waals surface area contributed by atoms with Gasteiger partial charge in [-0.05, 0) is 17.2 Å². The van der Waals surface area contributed by atoms with Crippen LogP contribution in [0.15, 0.2) is 71.9 Å².